The van der Waals surface area contributed by atoms with Gasteiger partial charge in [-0.05, 0) is 188 Å². The molecule has 4 unspecified atom stereocenters. The van der Waals surface area contributed by atoms with E-state index in [1.54, 1.807) is 30.3 Å². The van der Waals surface area contributed by atoms with E-state index in [1.165, 1.54) is 101 Å². The second kappa shape index (κ2) is 36.5. The van der Waals surface area contributed by atoms with Gasteiger partial charge in [0, 0.05) is 28.3 Å². The fraction of sp³-hybridized carbons (Fsp3) is 0.381. The van der Waals surface area contributed by atoms with Crippen LogP contribution in [-0.2, 0) is 19.2 Å². The molecule has 0 aliphatic rings. The van der Waals surface area contributed by atoms with Crippen molar-refractivity contribution in [3.63, 3.8) is 0 Å². The highest BCUT2D eigenvalue weighted by atomic mass is 16.5. The number of carbonyl (C=O) groups excluding carboxylic acids is 9. The van der Waals surface area contributed by atoms with E-state index in [9.17, 15) is 43.2 Å². The van der Waals surface area contributed by atoms with Crippen molar-refractivity contribution in [2.24, 2.45) is 28.7 Å². The maximum atomic E-state index is 14.3. The Morgan fingerprint density at radius 3 is 0.865 bits per heavy atom. The number of ether oxygens (including phenoxy) is 4. The van der Waals surface area contributed by atoms with Crippen molar-refractivity contribution >= 4 is 75.9 Å². The molecule has 0 bridgehead atoms. The number of rotatable bonds is 37. The number of methoxy groups -OCH3 is 4. The molecule has 89 heavy (non-hydrogen) atoms. The molecule has 26 heteroatoms. The summed E-state index contributed by atoms with van der Waals surface area (Å²) in [6.45, 7) is 1.35. The van der Waals surface area contributed by atoms with Crippen LogP contribution >= 0.6 is 0 Å². The zero-order valence-electron chi connectivity index (χ0n) is 50.6. The summed E-state index contributed by atoms with van der Waals surface area (Å²) < 4.78 is 21.8. The van der Waals surface area contributed by atoms with Crippen LogP contribution in [0, 0.1) is 0 Å². The van der Waals surface area contributed by atoms with Crippen LogP contribution < -0.4 is 90.2 Å². The third-order valence-electron chi connectivity index (χ3n) is 14.2. The molecule has 18 N–H and O–H groups in total. The van der Waals surface area contributed by atoms with Crippen LogP contribution in [0.25, 0.3) is 0 Å². The minimum atomic E-state index is -1.19. The van der Waals surface area contributed by atoms with Crippen molar-refractivity contribution in [3.8, 4) is 23.0 Å². The number of anilines is 4. The van der Waals surface area contributed by atoms with Gasteiger partial charge in [0.05, 0.1) is 50.7 Å². The molecule has 0 heterocycles. The average molecular weight is 1230 g/mol. The zero-order chi connectivity index (χ0) is 64.8. The number of primary amides is 1. The molecule has 4 atom stereocenters. The van der Waals surface area contributed by atoms with Gasteiger partial charge in [0.25, 0.3) is 29.5 Å². The van der Waals surface area contributed by atoms with E-state index in [0.717, 1.165) is 0 Å². The fourth-order valence-corrected chi connectivity index (χ4v) is 9.37. The predicted octanol–water partition coefficient (Wildman–Crippen LogP) is 4.28. The van der Waals surface area contributed by atoms with Gasteiger partial charge in [-0.25, -0.2) is 0 Å². The number of unbranched alkanes of at least 4 members (excludes halogenated alkanes) is 4. The van der Waals surface area contributed by atoms with Crippen molar-refractivity contribution in [1.82, 2.24) is 21.3 Å². The molecule has 0 aromatic heterocycles. The van der Waals surface area contributed by atoms with Crippen LogP contribution in [0.1, 0.15) is 129 Å². The molecule has 0 fully saturated rings. The van der Waals surface area contributed by atoms with Gasteiger partial charge >= 0.3 is 0 Å². The largest absolute Gasteiger partial charge is 0.496 e. The highest BCUT2D eigenvalue weighted by molar-refractivity contribution is 6.08. The van der Waals surface area contributed by atoms with E-state index < -0.39 is 77.3 Å². The monoisotopic (exact) mass is 1230 g/mol. The minimum Gasteiger partial charge on any atom is -0.496 e. The molecule has 0 aliphatic heterocycles. The highest BCUT2D eigenvalue weighted by Gasteiger charge is 2.29. The Balaban J connectivity index is 1.33. The fourth-order valence-electron chi connectivity index (χ4n) is 9.37. The lowest BCUT2D eigenvalue weighted by molar-refractivity contribution is -0.118. The van der Waals surface area contributed by atoms with Crippen molar-refractivity contribution in [3.05, 3.63) is 131 Å². The van der Waals surface area contributed by atoms with Crippen LogP contribution in [-0.4, -0.2) is 132 Å². The number of hydrogen-bond acceptors (Lipinski definition) is 17. The van der Waals surface area contributed by atoms with Gasteiger partial charge in [-0.3, -0.25) is 43.2 Å². The molecule has 478 valence electrons. The van der Waals surface area contributed by atoms with Crippen LogP contribution in [0.4, 0.5) is 22.7 Å². The molecule has 0 spiro atoms. The molecule has 26 nitrogen and oxygen atoms in total. The number of nitrogens with two attached hydrogens (primary N) is 5. The van der Waals surface area contributed by atoms with Gasteiger partial charge in [0.2, 0.25) is 23.6 Å². The van der Waals surface area contributed by atoms with E-state index in [2.05, 4.69) is 42.5 Å². The molecule has 9 amide bonds. The normalized spacial score (nSPS) is 12.1. The van der Waals surface area contributed by atoms with E-state index in [4.69, 9.17) is 47.6 Å². The van der Waals surface area contributed by atoms with Crippen LogP contribution in [0.2, 0.25) is 0 Å². The van der Waals surface area contributed by atoms with Gasteiger partial charge in [-0.2, -0.15) is 0 Å². The lowest BCUT2D eigenvalue weighted by Gasteiger charge is -2.22. The topological polar surface area (TPSA) is 417 Å². The Kier molecular flexibility index (Phi) is 28.8. The Morgan fingerprint density at radius 2 is 0.607 bits per heavy atom. The number of nitrogens with one attached hydrogen (secondary N) is 8. The zero-order valence-corrected chi connectivity index (χ0v) is 50.6. The summed E-state index contributed by atoms with van der Waals surface area (Å²) in [6, 6.07) is 21.4. The van der Waals surface area contributed by atoms with E-state index in [-0.39, 0.29) is 93.7 Å². The van der Waals surface area contributed by atoms with Gasteiger partial charge in [-0.1, -0.05) is 18.2 Å². The first-order valence-corrected chi connectivity index (χ1v) is 29.3. The number of carbonyl (C=O) groups is 9. The SMILES string of the molecule is COc1ccc(NC(=O)C(CCCCN)NC(=O)c2cc(NC(=O)C(CCCCN)NC(=O)c3cc(NC(=O)C(CCCCN)NC(=O)c4cc(NC(=O)C(CCCCN)NC(=O)c5ccccc5)ccc4OC)ccc3OC)ccc2OC)cc1C(N)=O. The summed E-state index contributed by atoms with van der Waals surface area (Å²) in [5.74, 6) is -5.35. The van der Waals surface area contributed by atoms with Gasteiger partial charge in [0.1, 0.15) is 47.2 Å². The summed E-state index contributed by atoms with van der Waals surface area (Å²) in [6.07, 6.45) is 4.80. The molecule has 0 radical (unpaired) electrons. The van der Waals surface area contributed by atoms with E-state index >= 15 is 0 Å². The molecule has 0 aliphatic carbocycles. The lowest BCUT2D eigenvalue weighted by atomic mass is 10.1. The highest BCUT2D eigenvalue weighted by Crippen LogP contribution is 2.28. The Morgan fingerprint density at radius 1 is 0.348 bits per heavy atom. The second-order valence-corrected chi connectivity index (χ2v) is 20.6. The van der Waals surface area contributed by atoms with Crippen LogP contribution in [0.5, 0.6) is 23.0 Å². The number of hydrogen-bond donors (Lipinski definition) is 13. The standard InChI is InChI=1S/C63H83N13O13/c1-86-51-26-22-39(34-43(51)55(68)77)69-61(83)48(19-9-13-31-65)74-57(79)45-36-41(24-28-53(45)88-3)71-63(85)50(21-11-15-33-67)76-59(81)46-37-42(25-29-54(46)89-4)72-62(84)49(20-10-14-32-66)75-58(80)44-35-40(23-27-52(44)87-2)70-60(82)47(18-8-12-30-64)73-56(78)38-16-6-5-7-17-38/h5-7,16-17,22-29,34-37,47-50H,8-15,18-21,30-33,64-67H2,1-4H3,(H2,68,77)(H,69,83)(H,70,82)(H,71,85)(H,72,84)(H,73,78)(H,74,79)(H,75,80)(H,76,81). The summed E-state index contributed by atoms with van der Waals surface area (Å²) in [4.78, 5) is 124. The van der Waals surface area contributed by atoms with Crippen LogP contribution in [0.15, 0.2) is 103 Å². The quantitative estimate of drug-likeness (QED) is 0.0247. The second-order valence-electron chi connectivity index (χ2n) is 20.6. The third-order valence-corrected chi connectivity index (χ3v) is 14.2. The van der Waals surface area contributed by atoms with Gasteiger partial charge in [0.15, 0.2) is 0 Å². The Hall–Kier alpha value is -9.63. The van der Waals surface area contributed by atoms with Crippen LogP contribution in [0.3, 0.4) is 0 Å². The van der Waals surface area contributed by atoms with Gasteiger partial charge in [-0.15, -0.1) is 0 Å². The molecule has 5 aromatic carbocycles. The van der Waals surface area contributed by atoms with E-state index in [1.807, 2.05) is 0 Å². The first kappa shape index (κ1) is 70.1. The van der Waals surface area contributed by atoms with Crippen molar-refractivity contribution in [1.29, 1.82) is 0 Å². The lowest BCUT2D eigenvalue weighted by Crippen LogP contribution is -2.44. The summed E-state index contributed by atoms with van der Waals surface area (Å²) in [5.41, 5.74) is 29.6. The maximum Gasteiger partial charge on any atom is 0.255 e. The molecule has 0 saturated carbocycles. The third kappa shape index (κ3) is 21.3. The van der Waals surface area contributed by atoms with E-state index in [0.29, 0.717) is 83.1 Å². The molecule has 0 saturated heterocycles. The van der Waals surface area contributed by atoms with Crippen molar-refractivity contribution < 1.29 is 62.1 Å². The average Bonchev–Trinajstić information content (AvgIpc) is 3.01. The predicted molar refractivity (Wildman–Crippen MR) is 338 cm³/mol. The van der Waals surface area contributed by atoms with Crippen molar-refractivity contribution in [2.45, 2.75) is 101 Å². The number of benzene rings is 5. The smallest absolute Gasteiger partial charge is 0.255 e. The maximum absolute atomic E-state index is 14.3. The summed E-state index contributed by atoms with van der Waals surface area (Å²) in [5, 5.41) is 22.2. The molecular formula is C63H83N13O13. The summed E-state index contributed by atoms with van der Waals surface area (Å²) in [7, 11) is 5.42. The van der Waals surface area contributed by atoms with Gasteiger partial charge < -0.3 is 90.2 Å². The molecular weight excluding hydrogens is 1150 g/mol. The first-order chi connectivity index (χ1) is 42.9. The number of amides is 9. The minimum absolute atomic E-state index is 0.0173. The Labute approximate surface area is 517 Å². The molecule has 5 aromatic rings. The Bertz CT molecular complexity index is 3240. The van der Waals surface area contributed by atoms with Crippen molar-refractivity contribution in [2.75, 3.05) is 75.9 Å². The summed E-state index contributed by atoms with van der Waals surface area (Å²) >= 11 is 0. The molecule has 5 rings (SSSR count). The first-order valence-electron chi connectivity index (χ1n) is 29.3.